The summed E-state index contributed by atoms with van der Waals surface area (Å²) in [7, 11) is 0. The van der Waals surface area contributed by atoms with E-state index in [0.29, 0.717) is 12.2 Å². The van der Waals surface area contributed by atoms with Gasteiger partial charge in [0, 0.05) is 44.1 Å². The summed E-state index contributed by atoms with van der Waals surface area (Å²) in [5.41, 5.74) is 5.14. The number of hydrogen-bond donors (Lipinski definition) is 0. The molecule has 6 nitrogen and oxygen atoms in total. The van der Waals surface area contributed by atoms with E-state index in [9.17, 15) is 4.79 Å². The Morgan fingerprint density at radius 3 is 2.43 bits per heavy atom. The second kappa shape index (κ2) is 7.78. The van der Waals surface area contributed by atoms with Crippen LogP contribution in [0.4, 0.5) is 17.2 Å². The number of carbonyl (C=O) groups is 1. The molecule has 2 aliphatic rings. The van der Waals surface area contributed by atoms with Gasteiger partial charge in [0.1, 0.15) is 11.5 Å². The minimum Gasteiger partial charge on any atom is -0.368 e. The highest BCUT2D eigenvalue weighted by Crippen LogP contribution is 2.28. The van der Waals surface area contributed by atoms with Crippen molar-refractivity contribution < 1.29 is 4.79 Å². The maximum absolute atomic E-state index is 12.9. The quantitative estimate of drug-likeness (QED) is 0.676. The van der Waals surface area contributed by atoms with Crippen LogP contribution in [-0.4, -0.2) is 48.6 Å². The number of hydrogen-bond acceptors (Lipinski definition) is 5. The topological polar surface area (TPSA) is 52.6 Å². The van der Waals surface area contributed by atoms with Gasteiger partial charge in [0.15, 0.2) is 0 Å². The molecule has 0 aliphatic carbocycles. The molecule has 1 saturated heterocycles. The first-order valence-electron chi connectivity index (χ1n) is 10.5. The number of amides is 1. The fourth-order valence-electron chi connectivity index (χ4n) is 4.30. The number of para-hydroxylation sites is 1. The zero-order chi connectivity index (χ0) is 20.5. The Bertz CT molecular complexity index is 1060. The van der Waals surface area contributed by atoms with Crippen LogP contribution in [0.25, 0.3) is 0 Å². The first kappa shape index (κ1) is 18.6. The van der Waals surface area contributed by atoms with Gasteiger partial charge in [-0.05, 0) is 42.7 Å². The Morgan fingerprint density at radius 2 is 1.67 bits per heavy atom. The molecule has 0 radical (unpaired) electrons. The number of aryl methyl sites for hydroxylation is 1. The van der Waals surface area contributed by atoms with Crippen molar-refractivity contribution in [1.29, 1.82) is 0 Å². The van der Waals surface area contributed by atoms with Crippen LogP contribution < -0.4 is 14.7 Å². The van der Waals surface area contributed by atoms with Gasteiger partial charge < -0.3 is 14.7 Å². The zero-order valence-corrected chi connectivity index (χ0v) is 17.2. The molecule has 6 heteroatoms. The third kappa shape index (κ3) is 3.49. The summed E-state index contributed by atoms with van der Waals surface area (Å²) < 4.78 is 0. The van der Waals surface area contributed by atoms with Crippen molar-refractivity contribution in [2.45, 2.75) is 13.3 Å². The van der Waals surface area contributed by atoms with E-state index in [1.807, 2.05) is 18.2 Å². The van der Waals surface area contributed by atoms with Crippen LogP contribution in [0.1, 0.15) is 21.6 Å². The summed E-state index contributed by atoms with van der Waals surface area (Å²) in [5, 5.41) is 0. The Hall–Kier alpha value is -3.41. The van der Waals surface area contributed by atoms with Crippen molar-refractivity contribution in [3.8, 4) is 0 Å². The molecular formula is C24H25N5O. The largest absolute Gasteiger partial charge is 0.368 e. The molecule has 0 unspecified atom stereocenters. The number of fused-ring (bicyclic) bond motifs is 1. The van der Waals surface area contributed by atoms with Crippen LogP contribution in [0.15, 0.2) is 60.9 Å². The van der Waals surface area contributed by atoms with E-state index in [2.05, 4.69) is 57.0 Å². The summed E-state index contributed by atoms with van der Waals surface area (Å²) in [6, 6.07) is 16.7. The van der Waals surface area contributed by atoms with Crippen molar-refractivity contribution in [3.63, 3.8) is 0 Å². The van der Waals surface area contributed by atoms with Gasteiger partial charge in [-0.1, -0.05) is 30.3 Å². The number of benzene rings is 2. The second-order valence-corrected chi connectivity index (χ2v) is 7.91. The molecule has 0 saturated carbocycles. The number of nitrogens with zero attached hydrogens (tertiary/aromatic N) is 5. The Kier molecular flexibility index (Phi) is 4.83. The van der Waals surface area contributed by atoms with Crippen molar-refractivity contribution in [3.05, 3.63) is 77.7 Å². The Morgan fingerprint density at radius 1 is 0.867 bits per heavy atom. The van der Waals surface area contributed by atoms with Crippen molar-refractivity contribution in [1.82, 2.24) is 9.97 Å². The molecule has 1 amide bonds. The molecule has 0 spiro atoms. The highest BCUT2D eigenvalue weighted by molar-refractivity contribution is 6.05. The molecule has 5 rings (SSSR count). The smallest absolute Gasteiger partial charge is 0.278 e. The molecule has 2 aromatic carbocycles. The van der Waals surface area contributed by atoms with Crippen LogP contribution in [0.2, 0.25) is 0 Å². The molecule has 1 fully saturated rings. The summed E-state index contributed by atoms with van der Waals surface area (Å²) in [6.07, 6.45) is 4.24. The summed E-state index contributed by atoms with van der Waals surface area (Å²) in [6.45, 7) is 6.47. The minimum atomic E-state index is -0.0803. The predicted molar refractivity (Wildman–Crippen MR) is 119 cm³/mol. The van der Waals surface area contributed by atoms with E-state index in [-0.39, 0.29) is 5.91 Å². The fraction of sp³-hybridized carbons (Fsp3) is 0.292. The summed E-state index contributed by atoms with van der Waals surface area (Å²) in [4.78, 5) is 28.4. The van der Waals surface area contributed by atoms with Gasteiger partial charge in [0.25, 0.3) is 5.91 Å². The lowest BCUT2D eigenvalue weighted by Crippen LogP contribution is -2.47. The van der Waals surface area contributed by atoms with Crippen LogP contribution in [0, 0.1) is 6.92 Å². The van der Waals surface area contributed by atoms with Crippen LogP contribution in [0.3, 0.4) is 0 Å². The lowest BCUT2D eigenvalue weighted by molar-refractivity contribution is 0.0984. The Labute approximate surface area is 176 Å². The third-order valence-electron chi connectivity index (χ3n) is 5.96. The monoisotopic (exact) mass is 399 g/mol. The summed E-state index contributed by atoms with van der Waals surface area (Å²) in [5.74, 6) is 0.750. The standard InChI is InChI=1S/C24H25N5O/c1-18-5-4-7-20(15-18)27-11-13-28(14-12-27)23-17-25-21(16-26-23)24(30)29-10-9-19-6-2-3-8-22(19)29/h2-8,15-17H,9-14H2,1H3. The van der Waals surface area contributed by atoms with E-state index in [4.69, 9.17) is 0 Å². The van der Waals surface area contributed by atoms with Gasteiger partial charge in [0.05, 0.1) is 12.4 Å². The molecular weight excluding hydrogens is 374 g/mol. The van der Waals surface area contributed by atoms with Crippen molar-refractivity contribution in [2.24, 2.45) is 0 Å². The molecule has 0 bridgehead atoms. The third-order valence-corrected chi connectivity index (χ3v) is 5.96. The number of aromatic nitrogens is 2. The van der Waals surface area contributed by atoms with Gasteiger partial charge in [-0.15, -0.1) is 0 Å². The van der Waals surface area contributed by atoms with E-state index < -0.39 is 0 Å². The predicted octanol–water partition coefficient (Wildman–Crippen LogP) is 3.31. The van der Waals surface area contributed by atoms with Gasteiger partial charge in [-0.2, -0.15) is 0 Å². The fourth-order valence-corrected chi connectivity index (χ4v) is 4.30. The van der Waals surface area contributed by atoms with E-state index in [1.54, 1.807) is 17.3 Å². The molecule has 1 aromatic heterocycles. The van der Waals surface area contributed by atoms with E-state index in [1.165, 1.54) is 16.8 Å². The maximum atomic E-state index is 12.9. The van der Waals surface area contributed by atoms with Gasteiger partial charge in [-0.3, -0.25) is 4.79 Å². The van der Waals surface area contributed by atoms with Gasteiger partial charge in [0.2, 0.25) is 0 Å². The summed E-state index contributed by atoms with van der Waals surface area (Å²) >= 11 is 0. The average molecular weight is 399 g/mol. The van der Waals surface area contributed by atoms with Crippen LogP contribution in [-0.2, 0) is 6.42 Å². The zero-order valence-electron chi connectivity index (χ0n) is 17.2. The second-order valence-electron chi connectivity index (χ2n) is 7.91. The molecule has 2 aliphatic heterocycles. The highest BCUT2D eigenvalue weighted by atomic mass is 16.2. The lowest BCUT2D eigenvalue weighted by Gasteiger charge is -2.36. The lowest BCUT2D eigenvalue weighted by atomic mass is 10.2. The number of anilines is 3. The number of rotatable bonds is 3. The molecule has 3 heterocycles. The van der Waals surface area contributed by atoms with Crippen molar-refractivity contribution >= 4 is 23.1 Å². The molecule has 0 atom stereocenters. The van der Waals surface area contributed by atoms with Crippen molar-refractivity contribution in [2.75, 3.05) is 47.4 Å². The van der Waals surface area contributed by atoms with Crippen LogP contribution >= 0.6 is 0 Å². The minimum absolute atomic E-state index is 0.0803. The first-order chi connectivity index (χ1) is 14.7. The van der Waals surface area contributed by atoms with E-state index >= 15 is 0 Å². The first-order valence-corrected chi connectivity index (χ1v) is 10.5. The van der Waals surface area contributed by atoms with Gasteiger partial charge in [-0.25, -0.2) is 9.97 Å². The normalized spacial score (nSPS) is 16.0. The molecule has 30 heavy (non-hydrogen) atoms. The van der Waals surface area contributed by atoms with Crippen LogP contribution in [0.5, 0.6) is 0 Å². The molecule has 0 N–H and O–H groups in total. The number of piperazine rings is 1. The number of carbonyl (C=O) groups excluding carboxylic acids is 1. The Balaban J connectivity index is 1.24. The maximum Gasteiger partial charge on any atom is 0.278 e. The SMILES string of the molecule is Cc1cccc(N2CCN(c3cnc(C(=O)N4CCc5ccccc54)cn3)CC2)c1. The van der Waals surface area contributed by atoms with E-state index in [0.717, 1.165) is 44.1 Å². The highest BCUT2D eigenvalue weighted by Gasteiger charge is 2.26. The average Bonchev–Trinajstić information content (AvgIpc) is 3.23. The molecule has 152 valence electrons. The van der Waals surface area contributed by atoms with Gasteiger partial charge >= 0.3 is 0 Å². The molecule has 3 aromatic rings.